The number of hydrogen-bond acceptors (Lipinski definition) is 8. The van der Waals surface area contributed by atoms with Gasteiger partial charge in [-0.1, -0.05) is 62.8 Å². The number of rotatable bonds is 11. The molecule has 0 fully saturated rings. The van der Waals surface area contributed by atoms with Crippen molar-refractivity contribution in [2.24, 2.45) is 5.92 Å². The smallest absolute Gasteiger partial charge is 0.322 e. The van der Waals surface area contributed by atoms with E-state index in [1.54, 1.807) is 0 Å². The minimum Gasteiger partial charge on any atom is -0.486 e. The number of thioether (sulfide) groups is 1. The Balaban J connectivity index is 1.61. The highest BCUT2D eigenvalue weighted by atomic mass is 32.2. The fourth-order valence-corrected chi connectivity index (χ4v) is 3.40. The third-order valence-corrected chi connectivity index (χ3v) is 5.31. The monoisotopic (exact) mass is 444 g/mol. The fraction of sp³-hybridized carbons (Fsp3) is 0.476. The Morgan fingerprint density at radius 1 is 1.13 bits per heavy atom. The number of para-hydroxylation sites is 1. The summed E-state index contributed by atoms with van der Waals surface area (Å²) in [5.41, 5.74) is 0. The van der Waals surface area contributed by atoms with Crippen molar-refractivity contribution >= 4 is 23.7 Å². The van der Waals surface area contributed by atoms with Crippen LogP contribution in [-0.4, -0.2) is 36.6 Å². The van der Waals surface area contributed by atoms with Crippen molar-refractivity contribution in [2.45, 2.75) is 58.3 Å². The second-order valence-corrected chi connectivity index (χ2v) is 8.71. The summed E-state index contributed by atoms with van der Waals surface area (Å²) in [6.45, 7) is 9.28. The van der Waals surface area contributed by atoms with E-state index in [9.17, 15) is 4.79 Å². The number of carbonyl (C=O) groups excluding carboxylic acids is 1. The van der Waals surface area contributed by atoms with Crippen LogP contribution in [0.5, 0.6) is 5.75 Å². The van der Waals surface area contributed by atoms with Gasteiger partial charge in [0, 0.05) is 12.5 Å². The van der Waals surface area contributed by atoms with E-state index in [2.05, 4.69) is 39.6 Å². The molecule has 0 bridgehead atoms. The Morgan fingerprint density at radius 2 is 1.90 bits per heavy atom. The third kappa shape index (κ3) is 6.81. The molecule has 0 radical (unpaired) electrons. The van der Waals surface area contributed by atoms with Crippen LogP contribution in [0.2, 0.25) is 0 Å². The number of aromatic nitrogens is 5. The predicted octanol–water partition coefficient (Wildman–Crippen LogP) is 4.14. The van der Waals surface area contributed by atoms with Crippen LogP contribution in [0.3, 0.4) is 0 Å². The van der Waals surface area contributed by atoms with Gasteiger partial charge in [0.05, 0.1) is 5.75 Å². The number of anilines is 1. The van der Waals surface area contributed by atoms with Crippen LogP contribution in [0, 0.1) is 5.92 Å². The molecule has 0 saturated carbocycles. The molecule has 10 heteroatoms. The van der Waals surface area contributed by atoms with Crippen LogP contribution in [0.4, 0.5) is 6.01 Å². The van der Waals surface area contributed by atoms with Crippen LogP contribution in [0.25, 0.3) is 0 Å². The summed E-state index contributed by atoms with van der Waals surface area (Å²) in [5, 5.41) is 19.6. The van der Waals surface area contributed by atoms with E-state index in [0.29, 0.717) is 23.6 Å². The van der Waals surface area contributed by atoms with Gasteiger partial charge in [-0.25, -0.2) is 0 Å². The Morgan fingerprint density at radius 3 is 2.58 bits per heavy atom. The maximum absolute atomic E-state index is 12.3. The topological polar surface area (TPSA) is 108 Å². The first-order chi connectivity index (χ1) is 14.9. The lowest BCUT2D eigenvalue weighted by Crippen LogP contribution is -2.15. The molecule has 3 rings (SSSR count). The lowest BCUT2D eigenvalue weighted by atomic mass is 10.1. The highest BCUT2D eigenvalue weighted by Gasteiger charge is 2.17. The molecule has 0 aliphatic heterocycles. The summed E-state index contributed by atoms with van der Waals surface area (Å²) in [6.07, 6.45) is 0.968. The van der Waals surface area contributed by atoms with Gasteiger partial charge in [-0.3, -0.25) is 10.1 Å². The Kier molecular flexibility index (Phi) is 8.05. The van der Waals surface area contributed by atoms with Gasteiger partial charge in [0.2, 0.25) is 11.8 Å². The molecule has 166 valence electrons. The average Bonchev–Trinajstić information content (AvgIpc) is 3.36. The molecule has 0 aliphatic rings. The fourth-order valence-electron chi connectivity index (χ4n) is 2.61. The molecule has 1 amide bonds. The van der Waals surface area contributed by atoms with Crippen LogP contribution in [0.1, 0.15) is 51.7 Å². The van der Waals surface area contributed by atoms with E-state index in [1.165, 1.54) is 11.8 Å². The van der Waals surface area contributed by atoms with Gasteiger partial charge < -0.3 is 13.7 Å². The molecule has 2 heterocycles. The van der Waals surface area contributed by atoms with Crippen LogP contribution in [-0.2, 0) is 17.9 Å². The van der Waals surface area contributed by atoms with Gasteiger partial charge >= 0.3 is 6.01 Å². The summed E-state index contributed by atoms with van der Waals surface area (Å²) in [4.78, 5) is 12.3. The van der Waals surface area contributed by atoms with E-state index in [1.807, 2.05) is 48.7 Å². The molecular formula is C21H28N6O3S. The average molecular weight is 445 g/mol. The molecule has 1 N–H and O–H groups in total. The molecule has 31 heavy (non-hydrogen) atoms. The number of nitrogens with one attached hydrogen (secondary N) is 1. The van der Waals surface area contributed by atoms with Crippen molar-refractivity contribution in [3.8, 4) is 5.75 Å². The highest BCUT2D eigenvalue weighted by molar-refractivity contribution is 7.99. The van der Waals surface area contributed by atoms with Crippen molar-refractivity contribution < 1.29 is 13.9 Å². The first-order valence-corrected chi connectivity index (χ1v) is 11.3. The molecular weight excluding hydrogens is 416 g/mol. The van der Waals surface area contributed by atoms with Gasteiger partial charge in [-0.05, 0) is 24.5 Å². The van der Waals surface area contributed by atoms with Gasteiger partial charge in [-0.15, -0.1) is 15.3 Å². The third-order valence-electron chi connectivity index (χ3n) is 4.35. The molecule has 1 aromatic carbocycles. The zero-order valence-corrected chi connectivity index (χ0v) is 19.1. The molecule has 0 aliphatic carbocycles. The van der Waals surface area contributed by atoms with Crippen LogP contribution >= 0.6 is 11.8 Å². The van der Waals surface area contributed by atoms with E-state index in [-0.39, 0.29) is 23.6 Å². The number of amides is 1. The van der Waals surface area contributed by atoms with Gasteiger partial charge in [0.25, 0.3) is 0 Å². The van der Waals surface area contributed by atoms with E-state index in [4.69, 9.17) is 9.15 Å². The standard InChI is InChI=1S/C21H28N6O3S/c1-14(2)10-11-27-17(12-29-16-8-6-5-7-9-16)23-26-21(27)31-13-18(28)22-20-25-24-19(30-20)15(3)4/h5-9,14-15H,10-13H2,1-4H3,(H,22,25,28). The van der Waals surface area contributed by atoms with Crippen LogP contribution in [0.15, 0.2) is 39.9 Å². The largest absolute Gasteiger partial charge is 0.486 e. The van der Waals surface area contributed by atoms with E-state index < -0.39 is 0 Å². The van der Waals surface area contributed by atoms with E-state index >= 15 is 0 Å². The summed E-state index contributed by atoms with van der Waals surface area (Å²) >= 11 is 1.31. The van der Waals surface area contributed by atoms with Crippen molar-refractivity contribution in [1.82, 2.24) is 25.0 Å². The van der Waals surface area contributed by atoms with Gasteiger partial charge in [-0.2, -0.15) is 0 Å². The summed E-state index contributed by atoms with van der Waals surface area (Å²) in [7, 11) is 0. The number of carbonyl (C=O) groups is 1. The Labute approximate surface area is 186 Å². The number of hydrogen-bond donors (Lipinski definition) is 1. The van der Waals surface area contributed by atoms with Crippen molar-refractivity contribution in [3.05, 3.63) is 42.0 Å². The van der Waals surface area contributed by atoms with Crippen molar-refractivity contribution in [2.75, 3.05) is 11.1 Å². The van der Waals surface area contributed by atoms with Crippen LogP contribution < -0.4 is 10.1 Å². The number of nitrogens with zero attached hydrogens (tertiary/aromatic N) is 5. The Bertz CT molecular complexity index is 971. The van der Waals surface area contributed by atoms with Gasteiger partial charge in [0.15, 0.2) is 11.0 Å². The first-order valence-electron chi connectivity index (χ1n) is 10.3. The number of benzene rings is 1. The zero-order chi connectivity index (χ0) is 22.2. The normalized spacial score (nSPS) is 11.3. The second kappa shape index (κ2) is 10.9. The molecule has 2 aromatic heterocycles. The van der Waals surface area contributed by atoms with Crippen molar-refractivity contribution in [3.63, 3.8) is 0 Å². The second-order valence-electron chi connectivity index (χ2n) is 7.77. The lowest BCUT2D eigenvalue weighted by Gasteiger charge is -2.12. The molecule has 0 atom stereocenters. The van der Waals surface area contributed by atoms with Gasteiger partial charge in [0.1, 0.15) is 12.4 Å². The minimum absolute atomic E-state index is 0.101. The summed E-state index contributed by atoms with van der Waals surface area (Å²) in [5.74, 6) is 2.52. The summed E-state index contributed by atoms with van der Waals surface area (Å²) < 4.78 is 13.3. The molecule has 0 saturated heterocycles. The molecule has 0 unspecified atom stereocenters. The Hall–Kier alpha value is -2.88. The molecule has 3 aromatic rings. The maximum atomic E-state index is 12.3. The lowest BCUT2D eigenvalue weighted by molar-refractivity contribution is -0.113. The maximum Gasteiger partial charge on any atom is 0.322 e. The summed E-state index contributed by atoms with van der Waals surface area (Å²) in [6, 6.07) is 9.69. The van der Waals surface area contributed by atoms with E-state index in [0.717, 1.165) is 24.5 Å². The number of ether oxygens (including phenoxy) is 1. The quantitative estimate of drug-likeness (QED) is 0.440. The molecule has 0 spiro atoms. The highest BCUT2D eigenvalue weighted by Crippen LogP contribution is 2.21. The first kappa shape index (κ1) is 22.8. The SMILES string of the molecule is CC(C)CCn1c(COc2ccccc2)nnc1SCC(=O)Nc1nnc(C(C)C)o1. The predicted molar refractivity (Wildman–Crippen MR) is 118 cm³/mol. The zero-order valence-electron chi connectivity index (χ0n) is 18.2. The van der Waals surface area contributed by atoms with Crippen molar-refractivity contribution in [1.29, 1.82) is 0 Å². The molecule has 9 nitrogen and oxygen atoms in total. The minimum atomic E-state index is -0.246.